The summed E-state index contributed by atoms with van der Waals surface area (Å²) in [4.78, 5) is 37.8. The number of esters is 3. The standard InChI is InChI=1S/C53H90O6/c1-4-7-10-13-16-19-22-25-26-27-28-29-32-34-37-40-43-46-52(55)58-49-50(59-53(56)47-44-41-38-35-31-24-21-18-15-12-9-6-3)48-57-51(54)45-42-39-36-33-30-23-20-17-14-11-8-5-2/h16-21,25-26,28-29,34,37,50H,4-15,22-24,27,30-33,35-36,38-49H2,1-3H3/b19-16-,20-17-,21-18-,26-25-,29-28-,37-34-. The average molecular weight is 823 g/mol. The number of hydrogen-bond donors (Lipinski definition) is 0. The molecule has 0 aromatic rings. The molecule has 0 aliphatic carbocycles. The normalized spacial score (nSPS) is 12.7. The van der Waals surface area contributed by atoms with Gasteiger partial charge >= 0.3 is 17.9 Å². The first kappa shape index (κ1) is 55.9. The monoisotopic (exact) mass is 823 g/mol. The maximum absolute atomic E-state index is 12.7. The van der Waals surface area contributed by atoms with Crippen LogP contribution >= 0.6 is 0 Å². The summed E-state index contributed by atoms with van der Waals surface area (Å²) in [6, 6.07) is 0. The van der Waals surface area contributed by atoms with Crippen LogP contribution in [0.2, 0.25) is 0 Å². The van der Waals surface area contributed by atoms with E-state index in [2.05, 4.69) is 93.7 Å². The lowest BCUT2D eigenvalue weighted by Gasteiger charge is -2.18. The van der Waals surface area contributed by atoms with Gasteiger partial charge in [0.15, 0.2) is 6.10 Å². The number of carbonyl (C=O) groups excluding carboxylic acids is 3. The second-order valence-electron chi connectivity index (χ2n) is 16.0. The molecule has 0 amide bonds. The van der Waals surface area contributed by atoms with Crippen LogP contribution in [0.3, 0.4) is 0 Å². The van der Waals surface area contributed by atoms with Crippen LogP contribution in [0.1, 0.15) is 226 Å². The van der Waals surface area contributed by atoms with Gasteiger partial charge in [0.1, 0.15) is 13.2 Å². The van der Waals surface area contributed by atoms with Gasteiger partial charge in [-0.25, -0.2) is 0 Å². The summed E-state index contributed by atoms with van der Waals surface area (Å²) in [5.41, 5.74) is 0. The van der Waals surface area contributed by atoms with Crippen molar-refractivity contribution >= 4 is 17.9 Å². The molecule has 6 nitrogen and oxygen atoms in total. The Morgan fingerprint density at radius 2 is 0.627 bits per heavy atom. The van der Waals surface area contributed by atoms with Crippen molar-refractivity contribution in [3.05, 3.63) is 72.9 Å². The summed E-state index contributed by atoms with van der Waals surface area (Å²) in [6.45, 7) is 6.48. The van der Waals surface area contributed by atoms with E-state index >= 15 is 0 Å². The predicted molar refractivity (Wildman–Crippen MR) is 251 cm³/mol. The van der Waals surface area contributed by atoms with Gasteiger partial charge in [-0.1, -0.05) is 171 Å². The van der Waals surface area contributed by atoms with E-state index in [1.54, 1.807) is 0 Å². The third-order valence-corrected chi connectivity index (χ3v) is 10.2. The molecule has 0 N–H and O–H groups in total. The predicted octanol–water partition coefficient (Wildman–Crippen LogP) is 15.9. The number of allylic oxidation sites excluding steroid dienone is 12. The van der Waals surface area contributed by atoms with Crippen LogP contribution in [0.25, 0.3) is 0 Å². The van der Waals surface area contributed by atoms with E-state index in [-0.39, 0.29) is 37.5 Å². The highest BCUT2D eigenvalue weighted by Crippen LogP contribution is 2.13. The molecule has 59 heavy (non-hydrogen) atoms. The van der Waals surface area contributed by atoms with Crippen molar-refractivity contribution in [2.45, 2.75) is 232 Å². The first-order chi connectivity index (χ1) is 29.0. The van der Waals surface area contributed by atoms with E-state index in [1.807, 2.05) is 0 Å². The fraction of sp³-hybridized carbons (Fsp3) is 0.717. The Kier molecular flexibility index (Phi) is 45.0. The molecule has 0 aromatic heterocycles. The average Bonchev–Trinajstić information content (AvgIpc) is 3.23. The van der Waals surface area contributed by atoms with Crippen molar-refractivity contribution in [1.82, 2.24) is 0 Å². The number of hydrogen-bond acceptors (Lipinski definition) is 6. The molecule has 0 radical (unpaired) electrons. The SMILES string of the molecule is CCCCC/C=C\C/C=C\C/C=C\C/C=C\CCCC(=O)OCC(COC(=O)CCCCCCC/C=C\CCCCC)OC(=O)CCCCCCC/C=C\CCCCC. The van der Waals surface area contributed by atoms with E-state index in [0.717, 1.165) is 89.9 Å². The van der Waals surface area contributed by atoms with Gasteiger partial charge in [-0.05, 0) is 109 Å². The van der Waals surface area contributed by atoms with Gasteiger partial charge in [0.25, 0.3) is 0 Å². The maximum atomic E-state index is 12.7. The van der Waals surface area contributed by atoms with Crippen LogP contribution in [0.5, 0.6) is 0 Å². The molecule has 0 bridgehead atoms. The molecule has 0 aliphatic rings. The summed E-state index contributed by atoms with van der Waals surface area (Å²) in [7, 11) is 0. The molecule has 0 aromatic carbocycles. The second-order valence-corrected chi connectivity index (χ2v) is 16.0. The van der Waals surface area contributed by atoms with Crippen LogP contribution in [0.4, 0.5) is 0 Å². The highest BCUT2D eigenvalue weighted by atomic mass is 16.6. The maximum Gasteiger partial charge on any atom is 0.306 e. The number of carbonyl (C=O) groups is 3. The molecule has 0 aliphatic heterocycles. The lowest BCUT2D eigenvalue weighted by molar-refractivity contribution is -0.167. The van der Waals surface area contributed by atoms with Gasteiger partial charge in [0.2, 0.25) is 0 Å². The Hall–Kier alpha value is -3.15. The summed E-state index contributed by atoms with van der Waals surface area (Å²) in [5.74, 6) is -0.980. The Morgan fingerprint density at radius 3 is 1.03 bits per heavy atom. The van der Waals surface area contributed by atoms with Gasteiger partial charge in [0.05, 0.1) is 0 Å². The first-order valence-corrected chi connectivity index (χ1v) is 24.4. The highest BCUT2D eigenvalue weighted by molar-refractivity contribution is 5.71. The number of ether oxygens (including phenoxy) is 3. The Bertz CT molecular complexity index is 1130. The smallest absolute Gasteiger partial charge is 0.306 e. The zero-order valence-electron chi connectivity index (χ0n) is 38.5. The third kappa shape index (κ3) is 45.8. The topological polar surface area (TPSA) is 78.9 Å². The molecule has 0 fully saturated rings. The molecule has 1 unspecified atom stereocenters. The summed E-state index contributed by atoms with van der Waals surface area (Å²) in [5, 5.41) is 0. The minimum absolute atomic E-state index is 0.101. The molecule has 338 valence electrons. The van der Waals surface area contributed by atoms with E-state index in [9.17, 15) is 14.4 Å². The zero-order chi connectivity index (χ0) is 43.0. The van der Waals surface area contributed by atoms with Gasteiger partial charge in [0, 0.05) is 19.3 Å². The largest absolute Gasteiger partial charge is 0.462 e. The first-order valence-electron chi connectivity index (χ1n) is 24.4. The fourth-order valence-electron chi connectivity index (χ4n) is 6.42. The van der Waals surface area contributed by atoms with E-state index in [1.165, 1.54) is 89.9 Å². The molecule has 1 atom stereocenters. The second kappa shape index (κ2) is 47.5. The van der Waals surface area contributed by atoms with E-state index in [0.29, 0.717) is 19.3 Å². The van der Waals surface area contributed by atoms with Crippen molar-refractivity contribution in [1.29, 1.82) is 0 Å². The molecule has 0 saturated carbocycles. The van der Waals surface area contributed by atoms with Crippen LogP contribution in [-0.4, -0.2) is 37.2 Å². The summed E-state index contributed by atoms with van der Waals surface area (Å²) < 4.78 is 16.7. The van der Waals surface area contributed by atoms with Crippen molar-refractivity contribution < 1.29 is 28.6 Å². The van der Waals surface area contributed by atoms with Crippen LogP contribution in [0, 0.1) is 0 Å². The van der Waals surface area contributed by atoms with Crippen molar-refractivity contribution in [2.75, 3.05) is 13.2 Å². The molecular weight excluding hydrogens is 733 g/mol. The molecule has 0 saturated heterocycles. The summed E-state index contributed by atoms with van der Waals surface area (Å²) in [6.07, 6.45) is 58.8. The molecule has 0 heterocycles. The van der Waals surface area contributed by atoms with Gasteiger partial charge in [-0.3, -0.25) is 14.4 Å². The Balaban J connectivity index is 4.48. The molecule has 0 rings (SSSR count). The van der Waals surface area contributed by atoms with Crippen molar-refractivity contribution in [3.63, 3.8) is 0 Å². The molecule has 0 spiro atoms. The minimum Gasteiger partial charge on any atom is -0.462 e. The van der Waals surface area contributed by atoms with Crippen LogP contribution in [0.15, 0.2) is 72.9 Å². The van der Waals surface area contributed by atoms with Crippen molar-refractivity contribution in [3.8, 4) is 0 Å². The number of unbranched alkanes of at least 4 members (excludes halogenated alkanes) is 20. The lowest BCUT2D eigenvalue weighted by Crippen LogP contribution is -2.30. The summed E-state index contributed by atoms with van der Waals surface area (Å²) >= 11 is 0. The quantitative estimate of drug-likeness (QED) is 0.0264. The van der Waals surface area contributed by atoms with Crippen LogP contribution < -0.4 is 0 Å². The Labute approximate surface area is 363 Å². The van der Waals surface area contributed by atoms with Gasteiger partial charge in [-0.2, -0.15) is 0 Å². The number of rotatable bonds is 43. The van der Waals surface area contributed by atoms with Gasteiger partial charge in [-0.15, -0.1) is 0 Å². The Morgan fingerprint density at radius 1 is 0.339 bits per heavy atom. The van der Waals surface area contributed by atoms with Gasteiger partial charge < -0.3 is 14.2 Å². The van der Waals surface area contributed by atoms with E-state index < -0.39 is 6.10 Å². The lowest BCUT2D eigenvalue weighted by atomic mass is 10.1. The third-order valence-electron chi connectivity index (χ3n) is 10.2. The highest BCUT2D eigenvalue weighted by Gasteiger charge is 2.19. The van der Waals surface area contributed by atoms with Crippen LogP contribution in [-0.2, 0) is 28.6 Å². The minimum atomic E-state index is -0.803. The van der Waals surface area contributed by atoms with E-state index in [4.69, 9.17) is 14.2 Å². The zero-order valence-corrected chi connectivity index (χ0v) is 38.5. The molecular formula is C53H90O6. The van der Waals surface area contributed by atoms with Crippen molar-refractivity contribution in [2.24, 2.45) is 0 Å². The molecule has 6 heteroatoms. The fourth-order valence-corrected chi connectivity index (χ4v) is 6.42.